The van der Waals surface area contributed by atoms with Crippen LogP contribution in [0.25, 0.3) is 0 Å². The smallest absolute Gasteiger partial charge is 0.326 e. The van der Waals surface area contributed by atoms with E-state index >= 15 is 0 Å². The van der Waals surface area contributed by atoms with Crippen LogP contribution in [0, 0.1) is 6.92 Å². The van der Waals surface area contributed by atoms with Crippen molar-refractivity contribution in [1.29, 1.82) is 0 Å². The van der Waals surface area contributed by atoms with Crippen molar-refractivity contribution < 1.29 is 53.4 Å². The van der Waals surface area contributed by atoms with Gasteiger partial charge in [0.05, 0.1) is 32.2 Å². The number of aryl methyl sites for hydroxylation is 1. The number of carboxylic acid groups (broad SMARTS) is 2. The number of nitrogens with one attached hydrogen (secondary N) is 4. The molecule has 0 aliphatic carbocycles. The maximum absolute atomic E-state index is 13.6. The molecular formula is C49H76N14O11S. The molecule has 0 spiro atoms. The minimum absolute atomic E-state index is 0.0238. The number of rotatable bonds is 30. The summed E-state index contributed by atoms with van der Waals surface area (Å²) in [5, 5.41) is 30.2. The molecule has 7 amide bonds. The third-order valence-electron chi connectivity index (χ3n) is 12.4. The van der Waals surface area contributed by atoms with Gasteiger partial charge in [-0.25, -0.2) is 9.59 Å². The Morgan fingerprint density at radius 3 is 1.84 bits per heavy atom. The molecule has 3 rings (SSSR count). The minimum Gasteiger partial charge on any atom is -0.481 e. The minimum atomic E-state index is -1.29. The summed E-state index contributed by atoms with van der Waals surface area (Å²) in [6, 6.07) is 7.67. The van der Waals surface area contributed by atoms with Gasteiger partial charge >= 0.3 is 18.0 Å². The maximum Gasteiger partial charge on any atom is 0.326 e. The molecule has 414 valence electrons. The molecular weight excluding hydrogens is 993 g/mol. The highest BCUT2D eigenvalue weighted by atomic mass is 32.1. The zero-order valence-electron chi connectivity index (χ0n) is 43.0. The van der Waals surface area contributed by atoms with Gasteiger partial charge in [-0.05, 0) is 100 Å². The topological polar surface area (TPSA) is 375 Å². The number of aliphatic carboxylic acids is 2. The number of benzene rings is 1. The predicted octanol–water partition coefficient (Wildman–Crippen LogP) is -1.31. The summed E-state index contributed by atoms with van der Waals surface area (Å²) in [6.45, 7) is 6.46. The molecule has 26 heteroatoms. The number of anilines is 1. The number of Topliss-reactive ketones (excluding diaryl/α,β-unsaturated/α-hetero) is 1. The van der Waals surface area contributed by atoms with Gasteiger partial charge in [0.2, 0.25) is 29.5 Å². The Hall–Kier alpha value is -6.87. The molecule has 1 aromatic heterocycles. The Labute approximate surface area is 442 Å². The highest BCUT2D eigenvalue weighted by molar-refractivity contribution is 7.80. The molecule has 0 radical (unpaired) electrons. The van der Waals surface area contributed by atoms with E-state index in [1.54, 1.807) is 11.1 Å². The Morgan fingerprint density at radius 1 is 0.707 bits per heavy atom. The molecule has 1 fully saturated rings. The van der Waals surface area contributed by atoms with Crippen molar-refractivity contribution in [2.75, 3.05) is 90.4 Å². The standard InChI is InChI=1S/C49H76N14O11S/c1-33-9-10-36(26-55-33)27-63(18-6-4-7-40(47(72)73)58-48(74)57-39(34(2)64)15-16-46(70)71)45(69)8-3-5-17-54-49(75)56-37-13-11-35(12-14-37)25-38-28-61(31-43(52)67)22-21-59(29-41(50)65)19-20-60(30-42(51)66)23-24-62(38)32-44(53)68/h9-14,26,38-40H,3-8,15-25,27-32H2,1-2H3,(H2,50,65)(H2,51,66)(H2,52,67)(H2,53,68)(H,70,71)(H,72,73)(H2,54,56,75)(H2,57,58,74)/t38?,39-,40-/m1/s1. The molecule has 2 aromatic rings. The van der Waals surface area contributed by atoms with Crippen LogP contribution >= 0.6 is 12.2 Å². The number of amides is 7. The lowest BCUT2D eigenvalue weighted by atomic mass is 10.0. The van der Waals surface area contributed by atoms with Crippen molar-refractivity contribution in [1.82, 2.24) is 45.4 Å². The molecule has 3 atom stereocenters. The van der Waals surface area contributed by atoms with Gasteiger partial charge in [-0.15, -0.1) is 0 Å². The van der Waals surface area contributed by atoms with Gasteiger partial charge in [0, 0.05) is 102 Å². The Morgan fingerprint density at radius 2 is 1.28 bits per heavy atom. The lowest BCUT2D eigenvalue weighted by Crippen LogP contribution is -2.54. The highest BCUT2D eigenvalue weighted by Crippen LogP contribution is 2.17. The summed E-state index contributed by atoms with van der Waals surface area (Å²) in [7, 11) is 0. The fourth-order valence-electron chi connectivity index (χ4n) is 8.42. The van der Waals surface area contributed by atoms with Crippen molar-refractivity contribution in [3.8, 4) is 0 Å². The molecule has 1 aliphatic rings. The van der Waals surface area contributed by atoms with Crippen LogP contribution in [0.15, 0.2) is 42.6 Å². The number of carbonyl (C=O) groups excluding carboxylic acids is 7. The zero-order chi connectivity index (χ0) is 55.5. The highest BCUT2D eigenvalue weighted by Gasteiger charge is 2.28. The number of pyridine rings is 1. The summed E-state index contributed by atoms with van der Waals surface area (Å²) >= 11 is 5.58. The van der Waals surface area contributed by atoms with E-state index in [-0.39, 0.29) is 63.8 Å². The number of ketones is 1. The van der Waals surface area contributed by atoms with Gasteiger partial charge in [-0.1, -0.05) is 18.2 Å². The van der Waals surface area contributed by atoms with Gasteiger partial charge < -0.3 is 59.3 Å². The number of nitrogens with zero attached hydrogens (tertiary/aromatic N) is 6. The number of nitrogens with two attached hydrogens (primary N) is 4. The van der Waals surface area contributed by atoms with E-state index in [2.05, 4.69) is 26.3 Å². The lowest BCUT2D eigenvalue weighted by molar-refractivity contribution is -0.139. The van der Waals surface area contributed by atoms with E-state index in [1.807, 2.05) is 62.9 Å². The Kier molecular flexibility index (Phi) is 27.6. The number of primary amides is 4. The molecule has 2 heterocycles. The quantitative estimate of drug-likeness (QED) is 0.0321. The van der Waals surface area contributed by atoms with Gasteiger partial charge in [0.25, 0.3) is 0 Å². The summed E-state index contributed by atoms with van der Waals surface area (Å²) in [4.78, 5) is 123. The van der Waals surface area contributed by atoms with E-state index in [0.29, 0.717) is 108 Å². The monoisotopic (exact) mass is 1070 g/mol. The molecule has 1 aromatic carbocycles. The van der Waals surface area contributed by atoms with Gasteiger partial charge in [0.15, 0.2) is 10.9 Å². The molecule has 1 unspecified atom stereocenters. The molecule has 0 saturated carbocycles. The van der Waals surface area contributed by atoms with Crippen molar-refractivity contribution in [2.24, 2.45) is 22.9 Å². The maximum atomic E-state index is 13.6. The zero-order valence-corrected chi connectivity index (χ0v) is 43.8. The number of aromatic nitrogens is 1. The second-order valence-corrected chi connectivity index (χ2v) is 19.1. The number of hydrogen-bond acceptors (Lipinski definition) is 15. The fourth-order valence-corrected chi connectivity index (χ4v) is 8.64. The van der Waals surface area contributed by atoms with Crippen LogP contribution in [0.4, 0.5) is 10.5 Å². The van der Waals surface area contributed by atoms with Crippen LogP contribution in [0.2, 0.25) is 0 Å². The number of carboxylic acids is 2. The van der Waals surface area contributed by atoms with Gasteiger partial charge in [0.1, 0.15) is 6.04 Å². The third-order valence-corrected chi connectivity index (χ3v) is 12.6. The number of urea groups is 1. The number of hydrogen-bond donors (Lipinski definition) is 10. The van der Waals surface area contributed by atoms with Crippen molar-refractivity contribution >= 4 is 76.3 Å². The van der Waals surface area contributed by atoms with Gasteiger partial charge in [-0.2, -0.15) is 0 Å². The normalized spacial score (nSPS) is 15.9. The number of carbonyl (C=O) groups is 9. The summed E-state index contributed by atoms with van der Waals surface area (Å²) in [5.41, 5.74) is 25.8. The van der Waals surface area contributed by atoms with Crippen molar-refractivity contribution in [3.63, 3.8) is 0 Å². The number of thiocarbonyl (C=S) groups is 1. The van der Waals surface area contributed by atoms with E-state index in [1.165, 1.54) is 6.92 Å². The first-order chi connectivity index (χ1) is 35.6. The number of unbranched alkanes of at least 4 members (excludes halogenated alkanes) is 2. The van der Waals surface area contributed by atoms with Crippen LogP contribution in [-0.4, -0.2) is 201 Å². The fraction of sp³-hybridized carbons (Fsp3) is 0.571. The first-order valence-electron chi connectivity index (χ1n) is 25.0. The predicted molar refractivity (Wildman–Crippen MR) is 282 cm³/mol. The molecule has 25 nitrogen and oxygen atoms in total. The first kappa shape index (κ1) is 62.4. The molecule has 14 N–H and O–H groups in total. The van der Waals surface area contributed by atoms with E-state index in [4.69, 9.17) is 40.3 Å². The van der Waals surface area contributed by atoms with E-state index in [9.17, 15) is 48.3 Å². The van der Waals surface area contributed by atoms with Crippen molar-refractivity contribution in [3.05, 3.63) is 59.4 Å². The second kappa shape index (κ2) is 33.1. The summed E-state index contributed by atoms with van der Waals surface area (Å²) < 4.78 is 0. The molecule has 75 heavy (non-hydrogen) atoms. The largest absolute Gasteiger partial charge is 0.481 e. The first-order valence-corrected chi connectivity index (χ1v) is 25.4. The summed E-state index contributed by atoms with van der Waals surface area (Å²) in [5.74, 6) is -5.13. The van der Waals surface area contributed by atoms with E-state index in [0.717, 1.165) is 16.8 Å². The van der Waals surface area contributed by atoms with Crippen LogP contribution in [0.1, 0.15) is 75.1 Å². The van der Waals surface area contributed by atoms with Crippen LogP contribution in [0.3, 0.4) is 0 Å². The third kappa shape index (κ3) is 26.3. The second-order valence-electron chi connectivity index (χ2n) is 18.7. The molecule has 1 saturated heterocycles. The van der Waals surface area contributed by atoms with E-state index < -0.39 is 59.5 Å². The average molecular weight is 1070 g/mol. The summed E-state index contributed by atoms with van der Waals surface area (Å²) in [6.07, 6.45) is 3.84. The van der Waals surface area contributed by atoms with Gasteiger partial charge in [-0.3, -0.25) is 58.1 Å². The average Bonchev–Trinajstić information content (AvgIpc) is 3.32. The lowest BCUT2D eigenvalue weighted by Gasteiger charge is -2.38. The van der Waals surface area contributed by atoms with Crippen LogP contribution in [-0.2, 0) is 51.3 Å². The molecule has 1 aliphatic heterocycles. The van der Waals surface area contributed by atoms with Crippen LogP contribution in [0.5, 0.6) is 0 Å². The van der Waals surface area contributed by atoms with Crippen LogP contribution < -0.4 is 44.2 Å². The Bertz CT molecular complexity index is 2240. The molecule has 0 bridgehead atoms. The van der Waals surface area contributed by atoms with Crippen molar-refractivity contribution in [2.45, 2.75) is 96.3 Å². The SMILES string of the molecule is CC(=O)[C@@H](CCC(=O)O)NC(=O)N[C@H](CCCCN(Cc1ccc(C)nc1)C(=O)CCCCNC(=S)Nc1ccc(CC2CN(CC(N)=O)CCN(CC(N)=O)CCN(CC(N)=O)CCN2CC(N)=O)cc1)C(=O)O. The Balaban J connectivity index is 1.58.